The molecule has 0 aromatic rings. The van der Waals surface area contributed by atoms with E-state index in [1.54, 1.807) is 7.11 Å². The van der Waals surface area contributed by atoms with Gasteiger partial charge in [-0.15, -0.1) is 0 Å². The molecule has 0 spiro atoms. The average molecular weight is 230 g/mol. The summed E-state index contributed by atoms with van der Waals surface area (Å²) in [7, 11) is 8.71. The smallest absolute Gasteiger partial charge is 0.124 e. The Hall–Kier alpha value is -0.135. The van der Waals surface area contributed by atoms with Gasteiger partial charge in [-0.05, 0) is 0 Å². The van der Waals surface area contributed by atoms with Crippen molar-refractivity contribution in [2.75, 3.05) is 27.4 Å². The van der Waals surface area contributed by atoms with Gasteiger partial charge in [0.15, 0.2) is 0 Å². The molecule has 0 aromatic carbocycles. The summed E-state index contributed by atoms with van der Waals surface area (Å²) in [6.07, 6.45) is -1.60. The van der Waals surface area contributed by atoms with Crippen molar-refractivity contribution in [2.45, 2.75) is 30.7 Å². The SMILES string of the molecule is [B][C@@H]1O[C@@](CO)(C(C)COC)[C@@H](O)[C@H]1OC. The van der Waals surface area contributed by atoms with Crippen LogP contribution in [0.2, 0.25) is 0 Å². The maximum absolute atomic E-state index is 10.1. The summed E-state index contributed by atoms with van der Waals surface area (Å²) in [6, 6.07) is -0.744. The number of rotatable bonds is 5. The summed E-state index contributed by atoms with van der Waals surface area (Å²) < 4.78 is 15.6. The van der Waals surface area contributed by atoms with Crippen LogP contribution in [0.5, 0.6) is 0 Å². The average Bonchev–Trinajstić information content (AvgIpc) is 2.51. The molecule has 1 fully saturated rings. The van der Waals surface area contributed by atoms with E-state index >= 15 is 0 Å². The van der Waals surface area contributed by atoms with Crippen LogP contribution < -0.4 is 0 Å². The molecule has 92 valence electrons. The second-order valence-electron chi connectivity index (χ2n) is 4.20. The van der Waals surface area contributed by atoms with Crippen molar-refractivity contribution in [1.29, 1.82) is 0 Å². The van der Waals surface area contributed by atoms with E-state index in [0.717, 1.165) is 0 Å². The highest BCUT2D eigenvalue weighted by Crippen LogP contribution is 2.37. The summed E-state index contributed by atoms with van der Waals surface area (Å²) in [5.74, 6) is -0.191. The summed E-state index contributed by atoms with van der Waals surface area (Å²) in [6.45, 7) is 1.86. The van der Waals surface area contributed by atoms with E-state index < -0.39 is 23.8 Å². The molecule has 0 aliphatic carbocycles. The van der Waals surface area contributed by atoms with Crippen molar-refractivity contribution >= 4 is 7.85 Å². The molecular formula is C10H19BO5. The number of aliphatic hydroxyl groups is 2. The first-order chi connectivity index (χ1) is 7.53. The molecule has 1 heterocycles. The maximum Gasteiger partial charge on any atom is 0.124 e. The van der Waals surface area contributed by atoms with Crippen molar-refractivity contribution < 1.29 is 24.4 Å². The molecule has 16 heavy (non-hydrogen) atoms. The normalized spacial score (nSPS) is 41.2. The lowest BCUT2D eigenvalue weighted by Crippen LogP contribution is -2.52. The molecule has 1 rings (SSSR count). The summed E-state index contributed by atoms with van der Waals surface area (Å²) >= 11 is 0. The second-order valence-corrected chi connectivity index (χ2v) is 4.20. The quantitative estimate of drug-likeness (QED) is 0.587. The van der Waals surface area contributed by atoms with Crippen molar-refractivity contribution in [1.82, 2.24) is 0 Å². The van der Waals surface area contributed by atoms with E-state index in [-0.39, 0.29) is 12.5 Å². The van der Waals surface area contributed by atoms with Crippen LogP contribution in [0.1, 0.15) is 6.92 Å². The third kappa shape index (κ3) is 2.12. The van der Waals surface area contributed by atoms with Crippen LogP contribution in [0.3, 0.4) is 0 Å². The molecule has 2 N–H and O–H groups in total. The first-order valence-corrected chi connectivity index (χ1v) is 5.27. The molecule has 5 atom stereocenters. The molecule has 5 nitrogen and oxygen atoms in total. The largest absolute Gasteiger partial charge is 0.393 e. The summed E-state index contributed by atoms with van der Waals surface area (Å²) in [5, 5.41) is 19.6. The zero-order chi connectivity index (χ0) is 12.3. The van der Waals surface area contributed by atoms with Gasteiger partial charge in [-0.1, -0.05) is 6.92 Å². The van der Waals surface area contributed by atoms with Crippen molar-refractivity contribution in [3.8, 4) is 0 Å². The molecular weight excluding hydrogens is 211 g/mol. The summed E-state index contributed by atoms with van der Waals surface area (Å²) in [4.78, 5) is 0. The fourth-order valence-corrected chi connectivity index (χ4v) is 2.20. The highest BCUT2D eigenvalue weighted by atomic mass is 16.6. The summed E-state index contributed by atoms with van der Waals surface area (Å²) in [5.41, 5.74) is -1.11. The van der Waals surface area contributed by atoms with Gasteiger partial charge in [-0.3, -0.25) is 0 Å². The Labute approximate surface area is 97.1 Å². The van der Waals surface area contributed by atoms with E-state index in [1.165, 1.54) is 7.11 Å². The molecule has 6 heteroatoms. The molecule has 0 aromatic heterocycles. The Balaban J connectivity index is 2.88. The van der Waals surface area contributed by atoms with Gasteiger partial charge in [0.2, 0.25) is 0 Å². The van der Waals surface area contributed by atoms with Gasteiger partial charge in [-0.2, -0.15) is 0 Å². The Bertz CT molecular complexity index is 227. The molecule has 2 radical (unpaired) electrons. The minimum Gasteiger partial charge on any atom is -0.393 e. The fourth-order valence-electron chi connectivity index (χ4n) is 2.20. The minimum absolute atomic E-state index is 0.191. The second kappa shape index (κ2) is 5.47. The lowest BCUT2D eigenvalue weighted by Gasteiger charge is -2.36. The highest BCUT2D eigenvalue weighted by Gasteiger charge is 2.55. The van der Waals surface area contributed by atoms with Crippen LogP contribution in [-0.2, 0) is 14.2 Å². The van der Waals surface area contributed by atoms with Crippen LogP contribution in [-0.4, -0.2) is 69.3 Å². The standard InChI is InChI=1S/C10H19BO5/c1-6(4-14-2)10(5-12)8(13)7(15-3)9(11)16-10/h6-9,12-13H,4-5H2,1-3H3/t6?,7-,8+,9-,10+/m1/s1. The molecule has 0 amide bonds. The van der Waals surface area contributed by atoms with Gasteiger partial charge in [0, 0.05) is 26.1 Å². The third-order valence-corrected chi connectivity index (χ3v) is 3.26. The molecule has 1 saturated heterocycles. The Morgan fingerprint density at radius 3 is 2.50 bits per heavy atom. The van der Waals surface area contributed by atoms with Gasteiger partial charge in [0.05, 0.1) is 13.2 Å². The predicted octanol–water partition coefficient (Wildman–Crippen LogP) is -1.10. The van der Waals surface area contributed by atoms with Gasteiger partial charge in [0.1, 0.15) is 25.7 Å². The maximum atomic E-state index is 10.1. The van der Waals surface area contributed by atoms with E-state index in [0.29, 0.717) is 6.61 Å². The van der Waals surface area contributed by atoms with Crippen LogP contribution in [0, 0.1) is 5.92 Å². The first kappa shape index (κ1) is 13.9. The van der Waals surface area contributed by atoms with Crippen LogP contribution >= 0.6 is 0 Å². The number of ether oxygens (including phenoxy) is 3. The molecule has 0 bridgehead atoms. The van der Waals surface area contributed by atoms with Gasteiger partial charge in [-0.25, -0.2) is 0 Å². The Morgan fingerprint density at radius 1 is 1.50 bits per heavy atom. The zero-order valence-electron chi connectivity index (χ0n) is 9.92. The van der Waals surface area contributed by atoms with Gasteiger partial charge < -0.3 is 24.4 Å². The van der Waals surface area contributed by atoms with Crippen molar-refractivity contribution in [3.05, 3.63) is 0 Å². The Morgan fingerprint density at radius 2 is 2.12 bits per heavy atom. The van der Waals surface area contributed by atoms with E-state index in [4.69, 9.17) is 22.1 Å². The molecule has 1 aliphatic rings. The van der Waals surface area contributed by atoms with Crippen LogP contribution in [0.4, 0.5) is 0 Å². The zero-order valence-corrected chi connectivity index (χ0v) is 9.92. The predicted molar refractivity (Wildman–Crippen MR) is 58.3 cm³/mol. The number of aliphatic hydroxyl groups excluding tert-OH is 2. The van der Waals surface area contributed by atoms with Crippen molar-refractivity contribution in [2.24, 2.45) is 5.92 Å². The van der Waals surface area contributed by atoms with E-state index in [9.17, 15) is 10.2 Å². The van der Waals surface area contributed by atoms with Crippen molar-refractivity contribution in [3.63, 3.8) is 0 Å². The van der Waals surface area contributed by atoms with Crippen LogP contribution in [0.25, 0.3) is 0 Å². The first-order valence-electron chi connectivity index (χ1n) is 5.27. The fraction of sp³-hybridized carbons (Fsp3) is 1.00. The number of hydrogen-bond acceptors (Lipinski definition) is 5. The van der Waals surface area contributed by atoms with Crippen LogP contribution in [0.15, 0.2) is 0 Å². The lowest BCUT2D eigenvalue weighted by atomic mass is 9.82. The molecule has 0 saturated carbocycles. The van der Waals surface area contributed by atoms with Gasteiger partial charge >= 0.3 is 0 Å². The van der Waals surface area contributed by atoms with E-state index in [1.807, 2.05) is 6.92 Å². The number of methoxy groups -OCH3 is 2. The monoisotopic (exact) mass is 230 g/mol. The lowest BCUT2D eigenvalue weighted by molar-refractivity contribution is -0.143. The number of hydrogen-bond donors (Lipinski definition) is 2. The molecule has 1 aliphatic heterocycles. The van der Waals surface area contributed by atoms with Gasteiger partial charge in [0.25, 0.3) is 0 Å². The minimum atomic E-state index is -1.11. The topological polar surface area (TPSA) is 68.2 Å². The highest BCUT2D eigenvalue weighted by molar-refractivity contribution is 6.11. The molecule has 1 unspecified atom stereocenters. The third-order valence-electron chi connectivity index (χ3n) is 3.26. The van der Waals surface area contributed by atoms with E-state index in [2.05, 4.69) is 0 Å². The Kier molecular flexibility index (Phi) is 4.76.